The number of hydrogen-bond donors (Lipinski definition) is 2. The maximum atomic E-state index is 12.9. The summed E-state index contributed by atoms with van der Waals surface area (Å²) >= 11 is 0. The van der Waals surface area contributed by atoms with E-state index in [-0.39, 0.29) is 23.5 Å². The molecule has 5 nitrogen and oxygen atoms in total. The molecule has 0 saturated carbocycles. The van der Waals surface area contributed by atoms with E-state index in [0.717, 1.165) is 11.5 Å². The topological polar surface area (TPSA) is 69.5 Å². The number of nitrogens with zero attached hydrogens (tertiary/aromatic N) is 3. The minimum Gasteiger partial charge on any atom is -0.507 e. The first kappa shape index (κ1) is 20.4. The van der Waals surface area contributed by atoms with Crippen molar-refractivity contribution in [2.45, 2.75) is 26.1 Å². The number of halogens is 3. The van der Waals surface area contributed by atoms with Crippen molar-refractivity contribution in [1.29, 1.82) is 0 Å². The number of rotatable bonds is 2. The number of aromatic nitrogens is 2. The lowest BCUT2D eigenvalue weighted by molar-refractivity contribution is -0.137. The van der Waals surface area contributed by atoms with Gasteiger partial charge < -0.3 is 15.1 Å². The smallest absolute Gasteiger partial charge is 0.416 e. The Bertz CT molecular complexity index is 1070. The van der Waals surface area contributed by atoms with Crippen molar-refractivity contribution in [1.82, 2.24) is 10.2 Å². The summed E-state index contributed by atoms with van der Waals surface area (Å²) in [4.78, 5) is 2.08. The highest BCUT2D eigenvalue weighted by molar-refractivity contribution is 6.01. The van der Waals surface area contributed by atoms with Gasteiger partial charge >= 0.3 is 6.18 Å². The molecule has 2 N–H and O–H groups in total. The summed E-state index contributed by atoms with van der Waals surface area (Å²) in [7, 11) is 0. The van der Waals surface area contributed by atoms with Crippen LogP contribution in [0.2, 0.25) is 0 Å². The first-order valence-corrected chi connectivity index (χ1v) is 9.76. The number of alkyl halides is 3. The zero-order valence-corrected chi connectivity index (χ0v) is 16.6. The van der Waals surface area contributed by atoms with Crippen LogP contribution >= 0.6 is 0 Å². The third-order valence-electron chi connectivity index (χ3n) is 5.73. The van der Waals surface area contributed by atoms with E-state index < -0.39 is 17.5 Å². The number of fused-ring (bicyclic) bond motifs is 1. The third kappa shape index (κ3) is 3.56. The second kappa shape index (κ2) is 7.43. The number of anilines is 1. The molecule has 1 aliphatic rings. The van der Waals surface area contributed by atoms with Crippen molar-refractivity contribution in [2.24, 2.45) is 11.8 Å². The summed E-state index contributed by atoms with van der Waals surface area (Å²) in [5, 5.41) is 30.7. The molecule has 3 aromatic rings. The van der Waals surface area contributed by atoms with E-state index in [1.165, 1.54) is 6.07 Å². The lowest BCUT2D eigenvalue weighted by Gasteiger charge is -2.39. The maximum Gasteiger partial charge on any atom is 0.416 e. The molecule has 2 unspecified atom stereocenters. The second-order valence-electron chi connectivity index (χ2n) is 8.00. The van der Waals surface area contributed by atoms with E-state index in [9.17, 15) is 23.4 Å². The number of aliphatic hydroxyl groups is 1. The van der Waals surface area contributed by atoms with Crippen molar-refractivity contribution in [2.75, 3.05) is 18.0 Å². The van der Waals surface area contributed by atoms with Gasteiger partial charge in [-0.05, 0) is 30.0 Å². The molecule has 2 aromatic carbocycles. The lowest BCUT2D eigenvalue weighted by atomic mass is 9.88. The quantitative estimate of drug-likeness (QED) is 0.644. The van der Waals surface area contributed by atoms with Gasteiger partial charge in [-0.2, -0.15) is 13.2 Å². The number of phenols is 1. The summed E-state index contributed by atoms with van der Waals surface area (Å²) in [5.41, 5.74) is -0.416. The van der Waals surface area contributed by atoms with Crippen LogP contribution < -0.4 is 4.90 Å². The molecule has 0 radical (unpaired) electrons. The Morgan fingerprint density at radius 1 is 0.967 bits per heavy atom. The average molecular weight is 417 g/mol. The van der Waals surface area contributed by atoms with Crippen LogP contribution in [0.3, 0.4) is 0 Å². The van der Waals surface area contributed by atoms with Crippen LogP contribution in [-0.4, -0.2) is 39.6 Å². The van der Waals surface area contributed by atoms with E-state index in [0.29, 0.717) is 36.1 Å². The number of aromatic hydroxyl groups is 1. The molecular formula is C22H22F3N3O2. The SMILES string of the molecule is CC1CN(c2nnc(-c3ccc(C(F)(F)F)cc3O)c3ccccc23)CC(C)C1O. The highest BCUT2D eigenvalue weighted by atomic mass is 19.4. The molecule has 1 aromatic heterocycles. The number of piperidine rings is 1. The Balaban J connectivity index is 1.81. The van der Waals surface area contributed by atoms with Crippen LogP contribution in [0, 0.1) is 11.8 Å². The van der Waals surface area contributed by atoms with Gasteiger partial charge in [0.05, 0.1) is 11.7 Å². The van der Waals surface area contributed by atoms with Gasteiger partial charge in [-0.3, -0.25) is 0 Å². The first-order valence-electron chi connectivity index (χ1n) is 9.76. The summed E-state index contributed by atoms with van der Waals surface area (Å²) in [6.07, 6.45) is -4.93. The van der Waals surface area contributed by atoms with Crippen LogP contribution in [-0.2, 0) is 6.18 Å². The third-order valence-corrected chi connectivity index (χ3v) is 5.73. The highest BCUT2D eigenvalue weighted by Crippen LogP contribution is 2.39. The molecule has 30 heavy (non-hydrogen) atoms. The molecule has 1 fully saturated rings. The Morgan fingerprint density at radius 3 is 2.20 bits per heavy atom. The van der Waals surface area contributed by atoms with Crippen LogP contribution in [0.15, 0.2) is 42.5 Å². The Kier molecular flexibility index (Phi) is 5.05. The van der Waals surface area contributed by atoms with Crippen molar-refractivity contribution < 1.29 is 23.4 Å². The fourth-order valence-corrected chi connectivity index (χ4v) is 4.15. The molecule has 8 heteroatoms. The minimum absolute atomic E-state index is 0.0629. The number of phenolic OH excluding ortho intramolecular Hbond substituents is 1. The van der Waals surface area contributed by atoms with Gasteiger partial charge in [0, 0.05) is 29.4 Å². The largest absolute Gasteiger partial charge is 0.507 e. The van der Waals surface area contributed by atoms with E-state index in [1.54, 1.807) is 0 Å². The van der Waals surface area contributed by atoms with Gasteiger partial charge in [-0.1, -0.05) is 38.1 Å². The van der Waals surface area contributed by atoms with Crippen LogP contribution in [0.1, 0.15) is 19.4 Å². The van der Waals surface area contributed by atoms with Crippen molar-refractivity contribution in [3.63, 3.8) is 0 Å². The summed E-state index contributed by atoms with van der Waals surface area (Å²) in [6, 6.07) is 10.2. The standard InChI is InChI=1S/C22H22F3N3O2/c1-12-10-28(11-13(2)20(12)30)21-16-6-4-3-5-15(16)19(26-27-21)17-8-7-14(9-18(17)29)22(23,24)25/h3-9,12-13,20,29-30H,10-11H2,1-2H3. The molecule has 2 atom stereocenters. The fourth-order valence-electron chi connectivity index (χ4n) is 4.15. The monoisotopic (exact) mass is 417 g/mol. The van der Waals surface area contributed by atoms with Gasteiger partial charge in [0.1, 0.15) is 11.4 Å². The molecule has 0 bridgehead atoms. The summed E-state index contributed by atoms with van der Waals surface area (Å²) in [5.74, 6) is 0.285. The number of hydrogen-bond acceptors (Lipinski definition) is 5. The molecule has 1 saturated heterocycles. The van der Waals surface area contributed by atoms with E-state index in [2.05, 4.69) is 15.1 Å². The lowest BCUT2D eigenvalue weighted by Crippen LogP contribution is -2.47. The molecule has 0 aliphatic carbocycles. The Morgan fingerprint density at radius 2 is 1.60 bits per heavy atom. The molecule has 4 rings (SSSR count). The Labute approximate surface area is 171 Å². The molecule has 158 valence electrons. The zero-order chi connectivity index (χ0) is 21.6. The van der Waals surface area contributed by atoms with Crippen molar-refractivity contribution in [3.05, 3.63) is 48.0 Å². The minimum atomic E-state index is -4.54. The van der Waals surface area contributed by atoms with E-state index >= 15 is 0 Å². The molecule has 1 aliphatic heterocycles. The summed E-state index contributed by atoms with van der Waals surface area (Å²) in [6.45, 7) is 5.21. The van der Waals surface area contributed by atoms with Crippen LogP contribution in [0.4, 0.5) is 19.0 Å². The molecule has 2 heterocycles. The predicted molar refractivity (Wildman–Crippen MR) is 108 cm³/mol. The summed E-state index contributed by atoms with van der Waals surface area (Å²) < 4.78 is 38.8. The van der Waals surface area contributed by atoms with Gasteiger partial charge in [0.15, 0.2) is 5.82 Å². The van der Waals surface area contributed by atoms with Gasteiger partial charge in [0.2, 0.25) is 0 Å². The molecule has 0 amide bonds. The average Bonchev–Trinajstić information content (AvgIpc) is 2.70. The normalized spacial score (nSPS) is 22.5. The predicted octanol–water partition coefficient (Wildman–Crippen LogP) is 4.47. The number of aliphatic hydroxyl groups excluding tert-OH is 1. The van der Waals surface area contributed by atoms with Crippen molar-refractivity contribution >= 4 is 16.6 Å². The Hall–Kier alpha value is -2.87. The van der Waals surface area contributed by atoms with Crippen molar-refractivity contribution in [3.8, 4) is 17.0 Å². The maximum absolute atomic E-state index is 12.9. The highest BCUT2D eigenvalue weighted by Gasteiger charge is 2.33. The zero-order valence-electron chi connectivity index (χ0n) is 16.6. The van der Waals surface area contributed by atoms with E-state index in [1.807, 2.05) is 38.1 Å². The second-order valence-corrected chi connectivity index (χ2v) is 8.00. The van der Waals surface area contributed by atoms with Gasteiger partial charge in [-0.25, -0.2) is 0 Å². The molecule has 0 spiro atoms. The first-order chi connectivity index (χ1) is 14.2. The number of benzene rings is 2. The van der Waals surface area contributed by atoms with Gasteiger partial charge in [0.25, 0.3) is 0 Å². The molecular weight excluding hydrogens is 395 g/mol. The van der Waals surface area contributed by atoms with Crippen LogP contribution in [0.5, 0.6) is 5.75 Å². The van der Waals surface area contributed by atoms with E-state index in [4.69, 9.17) is 0 Å². The van der Waals surface area contributed by atoms with Gasteiger partial charge in [-0.15, -0.1) is 10.2 Å². The van der Waals surface area contributed by atoms with Crippen LogP contribution in [0.25, 0.3) is 22.0 Å². The fraction of sp³-hybridized carbons (Fsp3) is 0.364.